The first-order valence-electron chi connectivity index (χ1n) is 6.47. The molecule has 2 atom stereocenters. The van der Waals surface area contributed by atoms with Crippen molar-refractivity contribution in [2.45, 2.75) is 31.8 Å². The van der Waals surface area contributed by atoms with Crippen LogP contribution in [-0.2, 0) is 17.8 Å². The minimum Gasteiger partial charge on any atom is -0.344 e. The molecule has 2 unspecified atom stereocenters. The number of aliphatic imine (C=N–C) groups is 1. The maximum Gasteiger partial charge on any atom is 0.235 e. The van der Waals surface area contributed by atoms with Gasteiger partial charge in [-0.2, -0.15) is 0 Å². The summed E-state index contributed by atoms with van der Waals surface area (Å²) in [4.78, 5) is 14.3. The first-order chi connectivity index (χ1) is 8.82. The van der Waals surface area contributed by atoms with Crippen LogP contribution < -0.4 is 0 Å². The second kappa shape index (κ2) is 3.33. The van der Waals surface area contributed by atoms with Gasteiger partial charge in [0.25, 0.3) is 0 Å². The van der Waals surface area contributed by atoms with E-state index in [1.807, 2.05) is 0 Å². The smallest absolute Gasteiger partial charge is 0.235 e. The van der Waals surface area contributed by atoms with Gasteiger partial charge in [-0.3, -0.25) is 0 Å². The minimum atomic E-state index is 0.212. The molecule has 0 saturated heterocycles. The molecule has 2 aliphatic rings. The van der Waals surface area contributed by atoms with Gasteiger partial charge in [0.2, 0.25) is 6.08 Å². The lowest BCUT2D eigenvalue weighted by molar-refractivity contribution is 0.342. The van der Waals surface area contributed by atoms with E-state index in [4.69, 9.17) is 0 Å². The second-order valence-electron chi connectivity index (χ2n) is 5.58. The number of nitrogens with zero attached hydrogens (tertiary/aromatic N) is 2. The highest BCUT2D eigenvalue weighted by molar-refractivity contribution is 5.81. The van der Waals surface area contributed by atoms with Crippen molar-refractivity contribution < 1.29 is 4.79 Å². The number of aryl methyl sites for hydroxylation is 1. The van der Waals surface area contributed by atoms with Crippen LogP contribution in [0.5, 0.6) is 0 Å². The predicted octanol–water partition coefficient (Wildman–Crippen LogP) is 2.68. The molecule has 0 radical (unpaired) electrons. The Balaban J connectivity index is 1.79. The van der Waals surface area contributed by atoms with E-state index in [1.165, 1.54) is 16.6 Å². The van der Waals surface area contributed by atoms with Gasteiger partial charge in [-0.1, -0.05) is 18.2 Å². The molecule has 3 nitrogen and oxygen atoms in total. The van der Waals surface area contributed by atoms with Crippen molar-refractivity contribution in [1.29, 1.82) is 0 Å². The van der Waals surface area contributed by atoms with Gasteiger partial charge in [0, 0.05) is 23.2 Å². The summed E-state index contributed by atoms with van der Waals surface area (Å²) in [5.41, 5.74) is 2.97. The fourth-order valence-corrected chi connectivity index (χ4v) is 3.44. The van der Waals surface area contributed by atoms with E-state index in [1.54, 1.807) is 6.08 Å². The SMILES string of the molecule is O=C=NC1CC12CCc1cc3ccccc3n1C2. The summed E-state index contributed by atoms with van der Waals surface area (Å²) in [5.74, 6) is 0. The zero-order chi connectivity index (χ0) is 12.2. The molecule has 1 fully saturated rings. The number of rotatable bonds is 1. The quantitative estimate of drug-likeness (QED) is 0.555. The molecular weight excluding hydrogens is 224 g/mol. The third-order valence-electron chi connectivity index (χ3n) is 4.60. The van der Waals surface area contributed by atoms with Gasteiger partial charge in [0.1, 0.15) is 0 Å². The van der Waals surface area contributed by atoms with Gasteiger partial charge in [0.05, 0.1) is 6.04 Å². The molecule has 4 rings (SSSR count). The molecule has 1 aliphatic heterocycles. The average Bonchev–Trinajstić information content (AvgIpc) is 2.91. The van der Waals surface area contributed by atoms with Gasteiger partial charge >= 0.3 is 0 Å². The standard InChI is InChI=1S/C15H14N2O/c18-10-16-14-8-15(14)6-5-12-7-11-3-1-2-4-13(11)17(12)9-15/h1-4,7,14H,5-6,8-9H2. The third-order valence-corrected chi connectivity index (χ3v) is 4.60. The number of aromatic nitrogens is 1. The van der Waals surface area contributed by atoms with Crippen molar-refractivity contribution in [1.82, 2.24) is 4.57 Å². The van der Waals surface area contributed by atoms with Crippen molar-refractivity contribution in [3.05, 3.63) is 36.0 Å². The summed E-state index contributed by atoms with van der Waals surface area (Å²) in [6.45, 7) is 1.01. The number of carbonyl (C=O) groups excluding carboxylic acids is 1. The van der Waals surface area contributed by atoms with Gasteiger partial charge < -0.3 is 4.57 Å². The molecular formula is C15H14N2O. The Bertz CT molecular complexity index is 681. The van der Waals surface area contributed by atoms with E-state index in [0.717, 1.165) is 25.8 Å². The molecule has 0 amide bonds. The first kappa shape index (κ1) is 10.1. The summed E-state index contributed by atoms with van der Waals surface area (Å²) in [7, 11) is 0. The van der Waals surface area contributed by atoms with Crippen LogP contribution in [0.1, 0.15) is 18.5 Å². The van der Waals surface area contributed by atoms with Crippen molar-refractivity contribution in [3.8, 4) is 0 Å². The zero-order valence-corrected chi connectivity index (χ0v) is 10.1. The van der Waals surface area contributed by atoms with Crippen LogP contribution >= 0.6 is 0 Å². The number of isocyanates is 1. The molecule has 1 aromatic heterocycles. The summed E-state index contributed by atoms with van der Waals surface area (Å²) in [5, 5.41) is 1.32. The maximum absolute atomic E-state index is 10.4. The lowest BCUT2D eigenvalue weighted by Crippen LogP contribution is -2.23. The van der Waals surface area contributed by atoms with E-state index in [-0.39, 0.29) is 11.5 Å². The Labute approximate surface area is 105 Å². The molecule has 2 aromatic rings. The molecule has 1 saturated carbocycles. The molecule has 2 heterocycles. The number of hydrogen-bond acceptors (Lipinski definition) is 2. The number of hydrogen-bond donors (Lipinski definition) is 0. The van der Waals surface area contributed by atoms with E-state index in [9.17, 15) is 4.79 Å². The molecule has 18 heavy (non-hydrogen) atoms. The summed E-state index contributed by atoms with van der Waals surface area (Å²) >= 11 is 0. The Morgan fingerprint density at radius 1 is 1.39 bits per heavy atom. The van der Waals surface area contributed by atoms with Crippen LogP contribution in [0.4, 0.5) is 0 Å². The van der Waals surface area contributed by atoms with Gasteiger partial charge in [-0.25, -0.2) is 9.79 Å². The monoisotopic (exact) mass is 238 g/mol. The normalized spacial score (nSPS) is 29.0. The predicted molar refractivity (Wildman–Crippen MR) is 69.2 cm³/mol. The fraction of sp³-hybridized carbons (Fsp3) is 0.400. The largest absolute Gasteiger partial charge is 0.344 e. The zero-order valence-electron chi connectivity index (χ0n) is 10.1. The van der Waals surface area contributed by atoms with Crippen LogP contribution in [0.15, 0.2) is 35.3 Å². The van der Waals surface area contributed by atoms with Crippen molar-refractivity contribution in [2.24, 2.45) is 10.4 Å². The maximum atomic E-state index is 10.4. The van der Waals surface area contributed by atoms with Crippen LogP contribution in [0.2, 0.25) is 0 Å². The van der Waals surface area contributed by atoms with E-state index >= 15 is 0 Å². The molecule has 1 aromatic carbocycles. The lowest BCUT2D eigenvalue weighted by atomic mass is 9.94. The average molecular weight is 238 g/mol. The third kappa shape index (κ3) is 1.25. The van der Waals surface area contributed by atoms with Gasteiger partial charge in [0.15, 0.2) is 0 Å². The summed E-state index contributed by atoms with van der Waals surface area (Å²) in [6, 6.07) is 11.0. The molecule has 1 aliphatic carbocycles. The summed E-state index contributed by atoms with van der Waals surface area (Å²) < 4.78 is 2.42. The van der Waals surface area contributed by atoms with E-state index < -0.39 is 0 Å². The summed E-state index contributed by atoms with van der Waals surface area (Å²) in [6.07, 6.45) is 5.02. The number of para-hydroxylation sites is 1. The molecule has 0 bridgehead atoms. The highest BCUT2D eigenvalue weighted by Gasteiger charge is 2.56. The van der Waals surface area contributed by atoms with Crippen LogP contribution in [0.25, 0.3) is 10.9 Å². The minimum absolute atomic E-state index is 0.212. The molecule has 90 valence electrons. The Morgan fingerprint density at radius 2 is 2.28 bits per heavy atom. The van der Waals surface area contributed by atoms with Crippen LogP contribution in [0, 0.1) is 5.41 Å². The number of benzene rings is 1. The van der Waals surface area contributed by atoms with Gasteiger partial charge in [-0.05, 0) is 36.8 Å². The van der Waals surface area contributed by atoms with Crippen LogP contribution in [0.3, 0.4) is 0 Å². The van der Waals surface area contributed by atoms with Crippen molar-refractivity contribution in [3.63, 3.8) is 0 Å². The second-order valence-corrected chi connectivity index (χ2v) is 5.58. The Hall–Kier alpha value is -1.86. The fourth-order valence-electron chi connectivity index (χ4n) is 3.44. The van der Waals surface area contributed by atoms with Crippen molar-refractivity contribution in [2.75, 3.05) is 0 Å². The number of fused-ring (bicyclic) bond motifs is 3. The first-order valence-corrected chi connectivity index (χ1v) is 6.47. The lowest BCUT2D eigenvalue weighted by Gasteiger charge is -2.25. The van der Waals surface area contributed by atoms with E-state index in [0.29, 0.717) is 0 Å². The van der Waals surface area contributed by atoms with Crippen LogP contribution in [-0.4, -0.2) is 16.7 Å². The molecule has 0 N–H and O–H groups in total. The highest BCUT2D eigenvalue weighted by Crippen LogP contribution is 2.55. The topological polar surface area (TPSA) is 34.4 Å². The van der Waals surface area contributed by atoms with E-state index in [2.05, 4.69) is 39.9 Å². The van der Waals surface area contributed by atoms with Gasteiger partial charge in [-0.15, -0.1) is 0 Å². The Morgan fingerprint density at radius 3 is 3.17 bits per heavy atom. The highest BCUT2D eigenvalue weighted by atomic mass is 16.1. The molecule has 1 spiro atoms. The Kier molecular flexibility index (Phi) is 1.87. The molecule has 3 heteroatoms. The van der Waals surface area contributed by atoms with Crippen molar-refractivity contribution >= 4 is 17.0 Å².